The maximum absolute atomic E-state index is 13.7. The Morgan fingerprint density at radius 2 is 1.81 bits per heavy atom. The highest BCUT2D eigenvalue weighted by molar-refractivity contribution is 6.32. The average Bonchev–Trinajstić information content (AvgIpc) is 2.54. The molecule has 0 saturated heterocycles. The lowest BCUT2D eigenvalue weighted by molar-refractivity contribution is -0.0891. The van der Waals surface area contributed by atoms with E-state index >= 15 is 0 Å². The largest absolute Gasteiger partial charge is 0.456 e. The molecule has 2 rings (SSSR count). The quantitative estimate of drug-likeness (QED) is 0.203. The number of ketones is 1. The second-order valence-corrected chi connectivity index (χ2v) is 9.95. The Bertz CT molecular complexity index is 994. The molecule has 0 amide bonds. The van der Waals surface area contributed by atoms with E-state index in [1.807, 2.05) is 0 Å². The van der Waals surface area contributed by atoms with Crippen LogP contribution < -0.4 is 0 Å². The zero-order chi connectivity index (χ0) is 23.8. The lowest BCUT2D eigenvalue weighted by Crippen LogP contribution is -2.24. The van der Waals surface area contributed by atoms with E-state index in [2.05, 4.69) is 0 Å². The summed E-state index contributed by atoms with van der Waals surface area (Å²) < 4.78 is 46.5. The van der Waals surface area contributed by atoms with Crippen molar-refractivity contribution in [2.24, 2.45) is 0 Å². The number of carbonyl (C=O) groups excluding carboxylic acids is 2. The summed E-state index contributed by atoms with van der Waals surface area (Å²) in [5.41, 5.74) is -1.47. The average molecular weight is 475 g/mol. The van der Waals surface area contributed by atoms with Crippen molar-refractivity contribution in [3.05, 3.63) is 69.3 Å². The zero-order valence-corrected chi connectivity index (χ0v) is 19.3. The molecule has 1 aromatic rings. The fourth-order valence-corrected chi connectivity index (χ4v) is 3.77. The van der Waals surface area contributed by atoms with Crippen LogP contribution in [0.3, 0.4) is 0 Å². The first kappa shape index (κ1) is 25.2. The fraction of sp³-hybridized carbons (Fsp3) is 0.391. The molecule has 0 bridgehead atoms. The molecule has 31 heavy (non-hydrogen) atoms. The highest BCUT2D eigenvalue weighted by Gasteiger charge is 2.38. The predicted molar refractivity (Wildman–Crippen MR) is 116 cm³/mol. The van der Waals surface area contributed by atoms with Gasteiger partial charge in [-0.3, -0.25) is 4.79 Å². The van der Waals surface area contributed by atoms with Crippen LogP contribution >= 0.6 is 23.2 Å². The molecule has 0 radical (unpaired) electrons. The van der Waals surface area contributed by atoms with Gasteiger partial charge in [0, 0.05) is 17.0 Å². The Morgan fingerprint density at radius 3 is 2.29 bits per heavy atom. The van der Waals surface area contributed by atoms with Gasteiger partial charge in [-0.15, -0.1) is 11.6 Å². The van der Waals surface area contributed by atoms with Crippen molar-refractivity contribution >= 4 is 35.0 Å². The molecule has 0 fully saturated rings. The summed E-state index contributed by atoms with van der Waals surface area (Å²) in [6.07, 6.45) is -1.69. The van der Waals surface area contributed by atoms with E-state index < -0.39 is 34.0 Å². The molecule has 168 valence electrons. The van der Waals surface area contributed by atoms with Gasteiger partial charge in [0.05, 0.1) is 16.0 Å². The molecule has 0 heterocycles. The number of benzene rings is 1. The summed E-state index contributed by atoms with van der Waals surface area (Å²) in [5.74, 6) is -1.44. The van der Waals surface area contributed by atoms with E-state index in [0.29, 0.717) is 11.6 Å². The Balaban J connectivity index is 2.43. The number of aryl methyl sites for hydroxylation is 1. The predicted octanol–water partition coefficient (Wildman–Crippen LogP) is 7.07. The van der Waals surface area contributed by atoms with Gasteiger partial charge in [-0.1, -0.05) is 23.7 Å². The van der Waals surface area contributed by atoms with Crippen molar-refractivity contribution in [2.45, 2.75) is 57.7 Å². The SMILES string of the molecule is Cc1cc(C(=O)/C=C(\C2=CC(C)(Cl)CC(Cl)=C2)C(F)(F)F)ccc1C(=O)OC(C)(C)C. The molecule has 1 atom stereocenters. The third-order valence-corrected chi connectivity index (χ3v) is 4.79. The number of carbonyl (C=O) groups is 2. The monoisotopic (exact) mass is 474 g/mol. The Labute approximate surface area is 189 Å². The molecule has 1 aliphatic carbocycles. The molecule has 0 N–H and O–H groups in total. The van der Waals surface area contributed by atoms with E-state index in [4.69, 9.17) is 27.9 Å². The molecule has 0 spiro atoms. The van der Waals surface area contributed by atoms with Crippen molar-refractivity contribution in [1.82, 2.24) is 0 Å². The van der Waals surface area contributed by atoms with Crippen LogP contribution in [-0.2, 0) is 4.74 Å². The fourth-order valence-electron chi connectivity index (χ4n) is 3.04. The van der Waals surface area contributed by atoms with Crippen LogP contribution in [0.2, 0.25) is 0 Å². The van der Waals surface area contributed by atoms with Gasteiger partial charge < -0.3 is 4.74 Å². The number of rotatable bonds is 4. The molecule has 0 aromatic heterocycles. The maximum Gasteiger partial charge on any atom is 0.417 e. The molecule has 1 unspecified atom stereocenters. The second kappa shape index (κ2) is 8.83. The summed E-state index contributed by atoms with van der Waals surface area (Å²) in [6.45, 7) is 8.27. The standard InChI is InChI=1S/C23H23Cl2F3O3/c1-13-8-14(6-7-17(13)20(30)31-21(2,3)4)19(29)10-18(23(26,27)28)15-9-16(24)12-22(5,25)11-15/h6-11H,12H2,1-5H3/b18-10+. The first-order chi connectivity index (χ1) is 14.0. The summed E-state index contributed by atoms with van der Waals surface area (Å²) in [5, 5.41) is 0.162. The normalized spacial score (nSPS) is 20.1. The lowest BCUT2D eigenvalue weighted by Gasteiger charge is -2.25. The first-order valence-corrected chi connectivity index (χ1v) is 10.2. The van der Waals surface area contributed by atoms with Crippen LogP contribution in [-0.4, -0.2) is 28.4 Å². The number of esters is 1. The van der Waals surface area contributed by atoms with Crippen molar-refractivity contribution in [3.8, 4) is 0 Å². The highest BCUT2D eigenvalue weighted by Crippen LogP contribution is 2.40. The van der Waals surface area contributed by atoms with E-state index in [1.54, 1.807) is 34.6 Å². The van der Waals surface area contributed by atoms with Gasteiger partial charge >= 0.3 is 12.1 Å². The minimum atomic E-state index is -4.80. The number of allylic oxidation sites excluding steroid dienone is 6. The van der Waals surface area contributed by atoms with Crippen LogP contribution in [0.1, 0.15) is 60.4 Å². The van der Waals surface area contributed by atoms with Crippen LogP contribution in [0, 0.1) is 6.92 Å². The first-order valence-electron chi connectivity index (χ1n) is 9.44. The third kappa shape index (κ3) is 6.97. The molecule has 0 aliphatic heterocycles. The topological polar surface area (TPSA) is 43.4 Å². The molecule has 8 heteroatoms. The number of alkyl halides is 4. The van der Waals surface area contributed by atoms with Crippen LogP contribution in [0.15, 0.2) is 52.6 Å². The maximum atomic E-state index is 13.7. The van der Waals surface area contributed by atoms with E-state index in [9.17, 15) is 22.8 Å². The smallest absolute Gasteiger partial charge is 0.417 e. The third-order valence-electron chi connectivity index (χ3n) is 4.30. The highest BCUT2D eigenvalue weighted by atomic mass is 35.5. The lowest BCUT2D eigenvalue weighted by atomic mass is 9.91. The summed E-state index contributed by atoms with van der Waals surface area (Å²) in [6, 6.07) is 4.02. The molecule has 1 aromatic carbocycles. The van der Waals surface area contributed by atoms with Crippen molar-refractivity contribution < 1.29 is 27.5 Å². The summed E-state index contributed by atoms with van der Waals surface area (Å²) in [7, 11) is 0. The Kier molecular flexibility index (Phi) is 7.18. The Morgan fingerprint density at radius 1 is 1.19 bits per heavy atom. The number of hydrogen-bond donors (Lipinski definition) is 0. The number of halogens is 5. The van der Waals surface area contributed by atoms with Crippen molar-refractivity contribution in [3.63, 3.8) is 0 Å². The van der Waals surface area contributed by atoms with Gasteiger partial charge in [0.2, 0.25) is 0 Å². The van der Waals surface area contributed by atoms with Gasteiger partial charge in [0.15, 0.2) is 5.78 Å². The molecular weight excluding hydrogens is 452 g/mol. The van der Waals surface area contributed by atoms with Crippen molar-refractivity contribution in [2.75, 3.05) is 0 Å². The Hall–Kier alpha value is -2.05. The van der Waals surface area contributed by atoms with Gasteiger partial charge in [-0.05, 0) is 70.0 Å². The summed E-state index contributed by atoms with van der Waals surface area (Å²) in [4.78, 5) is 23.8. The van der Waals surface area contributed by atoms with Gasteiger partial charge in [-0.2, -0.15) is 13.2 Å². The van der Waals surface area contributed by atoms with Crippen molar-refractivity contribution in [1.29, 1.82) is 0 Å². The minimum Gasteiger partial charge on any atom is -0.456 e. The second-order valence-electron chi connectivity index (χ2n) is 8.60. The van der Waals surface area contributed by atoms with E-state index in [1.165, 1.54) is 24.3 Å². The molecule has 0 saturated carbocycles. The van der Waals surface area contributed by atoms with E-state index in [-0.39, 0.29) is 28.2 Å². The molecule has 3 nitrogen and oxygen atoms in total. The van der Waals surface area contributed by atoms with Gasteiger partial charge in [0.25, 0.3) is 0 Å². The molecule has 1 aliphatic rings. The summed E-state index contributed by atoms with van der Waals surface area (Å²) >= 11 is 12.2. The van der Waals surface area contributed by atoms with Gasteiger partial charge in [-0.25, -0.2) is 4.79 Å². The molecular formula is C23H23Cl2F3O3. The van der Waals surface area contributed by atoms with Crippen LogP contribution in [0.5, 0.6) is 0 Å². The minimum absolute atomic E-state index is 0.00619. The number of hydrogen-bond acceptors (Lipinski definition) is 3. The number of ether oxygens (including phenoxy) is 1. The zero-order valence-electron chi connectivity index (χ0n) is 17.8. The van der Waals surface area contributed by atoms with Crippen LogP contribution in [0.25, 0.3) is 0 Å². The van der Waals surface area contributed by atoms with Crippen LogP contribution in [0.4, 0.5) is 13.2 Å². The van der Waals surface area contributed by atoms with Gasteiger partial charge in [0.1, 0.15) is 5.60 Å². The van der Waals surface area contributed by atoms with E-state index in [0.717, 1.165) is 6.08 Å².